The number of piperazine rings is 1. The van der Waals surface area contributed by atoms with E-state index in [1.165, 1.54) is 11.8 Å². The SMILES string of the molecule is CN1CCN(c2ccc(NC=C3C(=O)Nc4cc(C(=O)c5cccc(NC(=O)c6cccc(C#N)c6)c5)ccc43)cc2)CC1. The van der Waals surface area contributed by atoms with Crippen molar-refractivity contribution in [3.8, 4) is 6.07 Å². The Labute approximate surface area is 255 Å². The monoisotopic (exact) mass is 582 g/mol. The summed E-state index contributed by atoms with van der Waals surface area (Å²) in [5.41, 5.74) is 5.75. The summed E-state index contributed by atoms with van der Waals surface area (Å²) in [5, 5.41) is 18.0. The summed E-state index contributed by atoms with van der Waals surface area (Å²) in [6.45, 7) is 4.07. The van der Waals surface area contributed by atoms with Crippen LogP contribution >= 0.6 is 0 Å². The van der Waals surface area contributed by atoms with Gasteiger partial charge in [0.05, 0.1) is 17.2 Å². The van der Waals surface area contributed by atoms with E-state index in [1.807, 2.05) is 18.2 Å². The van der Waals surface area contributed by atoms with E-state index in [-0.39, 0.29) is 17.6 Å². The molecular weight excluding hydrogens is 552 g/mol. The maximum atomic E-state index is 13.4. The first-order valence-electron chi connectivity index (χ1n) is 14.3. The van der Waals surface area contributed by atoms with Crippen molar-refractivity contribution in [2.24, 2.45) is 0 Å². The lowest BCUT2D eigenvalue weighted by atomic mass is 9.99. The molecule has 1 saturated heterocycles. The van der Waals surface area contributed by atoms with Crippen molar-refractivity contribution in [2.75, 3.05) is 54.1 Å². The Morgan fingerprint density at radius 3 is 2.34 bits per heavy atom. The zero-order valence-corrected chi connectivity index (χ0v) is 24.1. The van der Waals surface area contributed by atoms with E-state index in [1.54, 1.807) is 66.9 Å². The van der Waals surface area contributed by atoms with Gasteiger partial charge in [-0.2, -0.15) is 5.26 Å². The van der Waals surface area contributed by atoms with Crippen LogP contribution in [-0.4, -0.2) is 55.7 Å². The first-order chi connectivity index (χ1) is 21.4. The summed E-state index contributed by atoms with van der Waals surface area (Å²) in [4.78, 5) is 43.6. The third-order valence-corrected chi connectivity index (χ3v) is 7.82. The molecule has 2 aliphatic rings. The summed E-state index contributed by atoms with van der Waals surface area (Å²) in [6, 6.07) is 28.3. The quantitative estimate of drug-likeness (QED) is 0.203. The van der Waals surface area contributed by atoms with E-state index < -0.39 is 0 Å². The number of nitriles is 1. The minimum atomic E-state index is -0.383. The molecule has 4 aromatic carbocycles. The predicted molar refractivity (Wildman–Crippen MR) is 172 cm³/mol. The number of rotatable bonds is 7. The molecule has 0 aliphatic carbocycles. The standard InChI is InChI=1S/C35H30N6O3/c1-40-14-16-41(17-15-40)29-11-9-27(10-12-29)37-22-31-30-13-8-25(20-32(30)39-35(31)44)33(42)24-5-3-7-28(19-24)38-34(43)26-6-2-4-23(18-26)21-36/h2-13,18-20,22,37H,14-17H2,1H3,(H,38,43)(H,39,44). The molecule has 2 heterocycles. The number of fused-ring (bicyclic) bond motifs is 1. The van der Waals surface area contributed by atoms with Crippen LogP contribution in [0.15, 0.2) is 97.2 Å². The Hall–Kier alpha value is -5.72. The second-order valence-corrected chi connectivity index (χ2v) is 10.8. The number of nitrogens with one attached hydrogen (secondary N) is 3. The third kappa shape index (κ3) is 6.07. The van der Waals surface area contributed by atoms with Crippen LogP contribution in [0.1, 0.15) is 37.4 Å². The molecule has 0 unspecified atom stereocenters. The van der Waals surface area contributed by atoms with Gasteiger partial charge in [0.2, 0.25) is 0 Å². The molecule has 4 aromatic rings. The number of amides is 2. The van der Waals surface area contributed by atoms with Crippen molar-refractivity contribution in [3.63, 3.8) is 0 Å². The molecule has 0 radical (unpaired) electrons. The summed E-state index contributed by atoms with van der Waals surface area (Å²) >= 11 is 0. The topological polar surface area (TPSA) is 118 Å². The van der Waals surface area contributed by atoms with Crippen LogP contribution in [0.5, 0.6) is 0 Å². The average Bonchev–Trinajstić information content (AvgIpc) is 3.38. The Morgan fingerprint density at radius 2 is 1.57 bits per heavy atom. The Bertz CT molecular complexity index is 1830. The second kappa shape index (κ2) is 12.3. The Kier molecular flexibility index (Phi) is 7.91. The van der Waals surface area contributed by atoms with E-state index in [0.29, 0.717) is 44.8 Å². The molecule has 9 heteroatoms. The zero-order valence-electron chi connectivity index (χ0n) is 24.1. The van der Waals surface area contributed by atoms with Crippen LogP contribution in [0, 0.1) is 11.3 Å². The molecule has 0 spiro atoms. The van der Waals surface area contributed by atoms with Gasteiger partial charge >= 0.3 is 0 Å². The van der Waals surface area contributed by atoms with E-state index in [0.717, 1.165) is 31.9 Å². The number of benzene rings is 4. The van der Waals surface area contributed by atoms with Crippen LogP contribution in [0.25, 0.3) is 5.57 Å². The van der Waals surface area contributed by atoms with Crippen molar-refractivity contribution in [2.45, 2.75) is 0 Å². The maximum Gasteiger partial charge on any atom is 0.257 e. The number of ketones is 1. The first-order valence-corrected chi connectivity index (χ1v) is 14.3. The molecule has 3 N–H and O–H groups in total. The highest BCUT2D eigenvalue weighted by Gasteiger charge is 2.25. The summed E-state index contributed by atoms with van der Waals surface area (Å²) in [5.74, 6) is -0.886. The van der Waals surface area contributed by atoms with Crippen molar-refractivity contribution in [1.82, 2.24) is 4.90 Å². The molecule has 218 valence electrons. The number of hydrogen-bond donors (Lipinski definition) is 3. The number of likely N-dealkylation sites (N-methyl/N-ethyl adjacent to an activating group) is 1. The van der Waals surface area contributed by atoms with Crippen LogP contribution in [0.2, 0.25) is 0 Å². The number of nitrogens with zero attached hydrogens (tertiary/aromatic N) is 3. The molecule has 2 aliphatic heterocycles. The molecule has 0 bridgehead atoms. The van der Waals surface area contributed by atoms with E-state index in [2.05, 4.69) is 44.9 Å². The first kappa shape index (κ1) is 28.4. The molecule has 6 rings (SSSR count). The molecule has 0 aromatic heterocycles. The molecule has 0 saturated carbocycles. The van der Waals surface area contributed by atoms with Crippen molar-refractivity contribution < 1.29 is 14.4 Å². The van der Waals surface area contributed by atoms with Crippen LogP contribution in [0.4, 0.5) is 22.7 Å². The van der Waals surface area contributed by atoms with Gasteiger partial charge in [-0.3, -0.25) is 14.4 Å². The van der Waals surface area contributed by atoms with Crippen molar-refractivity contribution in [3.05, 3.63) is 125 Å². The lowest BCUT2D eigenvalue weighted by Crippen LogP contribution is -2.44. The minimum absolute atomic E-state index is 0.249. The van der Waals surface area contributed by atoms with Crippen molar-refractivity contribution in [1.29, 1.82) is 5.26 Å². The van der Waals surface area contributed by atoms with Gasteiger partial charge in [-0.1, -0.05) is 30.3 Å². The predicted octanol–water partition coefficient (Wildman–Crippen LogP) is 5.20. The van der Waals surface area contributed by atoms with E-state index >= 15 is 0 Å². The van der Waals surface area contributed by atoms with Gasteiger partial charge in [0.1, 0.15) is 0 Å². The smallest absolute Gasteiger partial charge is 0.257 e. The van der Waals surface area contributed by atoms with Gasteiger partial charge < -0.3 is 25.8 Å². The number of carbonyl (C=O) groups excluding carboxylic acids is 3. The van der Waals surface area contributed by atoms with Crippen LogP contribution in [-0.2, 0) is 4.79 Å². The van der Waals surface area contributed by atoms with Gasteiger partial charge in [0.15, 0.2) is 5.78 Å². The van der Waals surface area contributed by atoms with Crippen LogP contribution in [0.3, 0.4) is 0 Å². The fraction of sp³-hybridized carbons (Fsp3) is 0.143. The normalized spacial score (nSPS) is 15.3. The highest BCUT2D eigenvalue weighted by Crippen LogP contribution is 2.33. The largest absolute Gasteiger partial charge is 0.369 e. The van der Waals surface area contributed by atoms with Gasteiger partial charge in [-0.25, -0.2) is 0 Å². The lowest BCUT2D eigenvalue weighted by molar-refractivity contribution is -0.110. The molecule has 9 nitrogen and oxygen atoms in total. The minimum Gasteiger partial charge on any atom is -0.369 e. The third-order valence-electron chi connectivity index (χ3n) is 7.82. The molecule has 0 atom stereocenters. The van der Waals surface area contributed by atoms with Crippen molar-refractivity contribution >= 4 is 45.9 Å². The van der Waals surface area contributed by atoms with Gasteiger partial charge in [0, 0.05) is 77.4 Å². The second-order valence-electron chi connectivity index (χ2n) is 10.8. The molecule has 2 amide bonds. The van der Waals surface area contributed by atoms with Crippen LogP contribution < -0.4 is 20.9 Å². The highest BCUT2D eigenvalue weighted by atomic mass is 16.2. The summed E-state index contributed by atoms with van der Waals surface area (Å²) in [7, 11) is 2.14. The van der Waals surface area contributed by atoms with Gasteiger partial charge in [-0.05, 0) is 67.7 Å². The van der Waals surface area contributed by atoms with Gasteiger partial charge in [0.25, 0.3) is 11.8 Å². The summed E-state index contributed by atoms with van der Waals surface area (Å²) in [6.07, 6.45) is 1.69. The fourth-order valence-electron chi connectivity index (χ4n) is 5.31. The lowest BCUT2D eigenvalue weighted by Gasteiger charge is -2.34. The van der Waals surface area contributed by atoms with E-state index in [9.17, 15) is 14.4 Å². The maximum absolute atomic E-state index is 13.4. The number of hydrogen-bond acceptors (Lipinski definition) is 7. The number of carbonyl (C=O) groups is 3. The highest BCUT2D eigenvalue weighted by molar-refractivity contribution is 6.32. The molecule has 44 heavy (non-hydrogen) atoms. The number of anilines is 4. The summed E-state index contributed by atoms with van der Waals surface area (Å²) < 4.78 is 0. The average molecular weight is 583 g/mol. The van der Waals surface area contributed by atoms with E-state index in [4.69, 9.17) is 5.26 Å². The zero-order chi connectivity index (χ0) is 30.6. The fourth-order valence-corrected chi connectivity index (χ4v) is 5.31. The Balaban J connectivity index is 1.14. The van der Waals surface area contributed by atoms with Gasteiger partial charge in [-0.15, -0.1) is 0 Å². The Morgan fingerprint density at radius 1 is 0.841 bits per heavy atom. The molecule has 1 fully saturated rings. The molecular formula is C35H30N6O3.